The number of carbonyl (C=O) groups is 1. The third-order valence-corrected chi connectivity index (χ3v) is 6.00. The summed E-state index contributed by atoms with van der Waals surface area (Å²) in [6.45, 7) is 4.79. The standard InChI is InChI=1S/C22H21Cl2N5O2/c1-4-26-22(30)14-9-15(31-3)18(24)16(17(14)23)13-8-11-10-28-21-12(6-7-27-21)19(11)29(5-2)20(13)25/h6-10,25H,4-5H2,1-3H3,(H,26,30)(H,27,28). The highest BCUT2D eigenvalue weighted by molar-refractivity contribution is 6.42. The molecule has 0 radical (unpaired) electrons. The molecule has 3 heterocycles. The zero-order chi connectivity index (χ0) is 22.3. The summed E-state index contributed by atoms with van der Waals surface area (Å²) < 4.78 is 7.28. The van der Waals surface area contributed by atoms with Crippen LogP contribution in [-0.2, 0) is 6.54 Å². The number of benzene rings is 1. The minimum atomic E-state index is -0.338. The van der Waals surface area contributed by atoms with Gasteiger partial charge in [0.05, 0.1) is 28.2 Å². The van der Waals surface area contributed by atoms with Crippen LogP contribution >= 0.6 is 23.2 Å². The molecule has 1 amide bonds. The molecular formula is C22H21Cl2N5O2. The molecule has 4 rings (SSSR count). The number of aryl methyl sites for hydroxylation is 1. The lowest BCUT2D eigenvalue weighted by Gasteiger charge is -2.18. The van der Waals surface area contributed by atoms with E-state index in [1.807, 2.05) is 36.7 Å². The lowest BCUT2D eigenvalue weighted by atomic mass is 10.0. The van der Waals surface area contributed by atoms with E-state index in [2.05, 4.69) is 15.3 Å². The van der Waals surface area contributed by atoms with E-state index in [4.69, 9.17) is 33.3 Å². The molecule has 7 nitrogen and oxygen atoms in total. The highest BCUT2D eigenvalue weighted by Gasteiger charge is 2.24. The van der Waals surface area contributed by atoms with E-state index in [0.717, 1.165) is 21.9 Å². The Hall–Kier alpha value is -3.03. The second-order valence-electron chi connectivity index (χ2n) is 6.94. The summed E-state index contributed by atoms with van der Waals surface area (Å²) in [5.41, 5.74) is 2.97. The van der Waals surface area contributed by atoms with Crippen LogP contribution < -0.4 is 15.5 Å². The van der Waals surface area contributed by atoms with Gasteiger partial charge in [0.1, 0.15) is 16.9 Å². The SMILES string of the molecule is CCNC(=O)c1cc(OC)c(Cl)c(-c2cc3cnc4[nH]ccc4c3n(CC)c2=N)c1Cl. The number of pyridine rings is 2. The minimum absolute atomic E-state index is 0.169. The number of halogens is 2. The van der Waals surface area contributed by atoms with Crippen LogP contribution in [0.15, 0.2) is 30.6 Å². The molecule has 0 unspecified atom stereocenters. The smallest absolute Gasteiger partial charge is 0.252 e. The number of fused-ring (bicyclic) bond motifs is 3. The molecule has 3 N–H and O–H groups in total. The molecule has 9 heteroatoms. The first-order valence-electron chi connectivity index (χ1n) is 9.81. The fourth-order valence-electron chi connectivity index (χ4n) is 3.82. The highest BCUT2D eigenvalue weighted by Crippen LogP contribution is 2.42. The van der Waals surface area contributed by atoms with Crippen LogP contribution in [0.3, 0.4) is 0 Å². The maximum absolute atomic E-state index is 12.6. The Bertz CT molecular complexity index is 1390. The van der Waals surface area contributed by atoms with Gasteiger partial charge >= 0.3 is 0 Å². The van der Waals surface area contributed by atoms with Crippen molar-refractivity contribution in [1.82, 2.24) is 19.9 Å². The maximum Gasteiger partial charge on any atom is 0.252 e. The number of amides is 1. The van der Waals surface area contributed by atoms with E-state index in [1.165, 1.54) is 13.2 Å². The predicted octanol–water partition coefficient (Wildman–Crippen LogP) is 4.75. The van der Waals surface area contributed by atoms with Gasteiger partial charge < -0.3 is 19.6 Å². The number of ether oxygens (including phenoxy) is 1. The molecule has 0 atom stereocenters. The number of aromatic nitrogens is 3. The fraction of sp³-hybridized carbons (Fsp3) is 0.227. The number of hydrogen-bond donors (Lipinski definition) is 3. The lowest BCUT2D eigenvalue weighted by molar-refractivity contribution is 0.0955. The van der Waals surface area contributed by atoms with Crippen molar-refractivity contribution in [3.8, 4) is 16.9 Å². The third-order valence-electron chi connectivity index (χ3n) is 5.24. The van der Waals surface area contributed by atoms with Gasteiger partial charge in [0.15, 0.2) is 0 Å². The Morgan fingerprint density at radius 2 is 2.06 bits per heavy atom. The van der Waals surface area contributed by atoms with Crippen molar-refractivity contribution in [2.45, 2.75) is 20.4 Å². The Balaban J connectivity index is 2.11. The topological polar surface area (TPSA) is 95.8 Å². The average Bonchev–Trinajstić information content (AvgIpc) is 3.23. The van der Waals surface area contributed by atoms with Gasteiger partial charge in [-0.1, -0.05) is 23.2 Å². The average molecular weight is 458 g/mol. The summed E-state index contributed by atoms with van der Waals surface area (Å²) in [6.07, 6.45) is 3.57. The van der Waals surface area contributed by atoms with E-state index in [-0.39, 0.29) is 27.0 Å². The Labute approximate surface area is 188 Å². The van der Waals surface area contributed by atoms with Gasteiger partial charge in [-0.25, -0.2) is 4.98 Å². The van der Waals surface area contributed by atoms with E-state index < -0.39 is 0 Å². The number of H-pyrrole nitrogens is 1. The van der Waals surface area contributed by atoms with Crippen molar-refractivity contribution in [2.75, 3.05) is 13.7 Å². The molecule has 3 aromatic heterocycles. The first-order chi connectivity index (χ1) is 14.9. The van der Waals surface area contributed by atoms with Gasteiger partial charge in [0.2, 0.25) is 0 Å². The van der Waals surface area contributed by atoms with E-state index >= 15 is 0 Å². The summed E-state index contributed by atoms with van der Waals surface area (Å²) in [6, 6.07) is 5.29. The molecule has 0 aliphatic carbocycles. The molecular weight excluding hydrogens is 437 g/mol. The molecule has 31 heavy (non-hydrogen) atoms. The summed E-state index contributed by atoms with van der Waals surface area (Å²) in [5.74, 6) is -0.0285. The molecule has 0 spiro atoms. The van der Waals surface area contributed by atoms with Crippen molar-refractivity contribution in [3.05, 3.63) is 51.7 Å². The van der Waals surface area contributed by atoms with Crippen LogP contribution in [0, 0.1) is 5.41 Å². The van der Waals surface area contributed by atoms with Crippen molar-refractivity contribution < 1.29 is 9.53 Å². The van der Waals surface area contributed by atoms with Gasteiger partial charge in [0, 0.05) is 47.4 Å². The summed E-state index contributed by atoms with van der Waals surface area (Å²) in [5, 5.41) is 13.9. The maximum atomic E-state index is 12.6. The molecule has 0 fully saturated rings. The number of hydrogen-bond acceptors (Lipinski definition) is 4. The Morgan fingerprint density at radius 1 is 1.29 bits per heavy atom. The summed E-state index contributed by atoms with van der Waals surface area (Å²) in [7, 11) is 1.47. The third kappa shape index (κ3) is 3.34. The van der Waals surface area contributed by atoms with Crippen molar-refractivity contribution in [1.29, 1.82) is 5.41 Å². The molecule has 0 saturated carbocycles. The molecule has 1 aromatic carbocycles. The number of rotatable bonds is 5. The number of carbonyl (C=O) groups excluding carboxylic acids is 1. The van der Waals surface area contributed by atoms with Crippen LogP contribution in [0.4, 0.5) is 0 Å². The van der Waals surface area contributed by atoms with Gasteiger partial charge in [-0.3, -0.25) is 10.2 Å². The first kappa shape index (κ1) is 21.2. The zero-order valence-corrected chi connectivity index (χ0v) is 18.8. The lowest BCUT2D eigenvalue weighted by Crippen LogP contribution is -2.24. The largest absolute Gasteiger partial charge is 0.495 e. The van der Waals surface area contributed by atoms with Crippen LogP contribution in [-0.4, -0.2) is 34.1 Å². The van der Waals surface area contributed by atoms with E-state index in [9.17, 15) is 4.79 Å². The minimum Gasteiger partial charge on any atom is -0.495 e. The molecule has 0 aliphatic heterocycles. The van der Waals surface area contributed by atoms with Crippen molar-refractivity contribution in [2.24, 2.45) is 0 Å². The van der Waals surface area contributed by atoms with Crippen LogP contribution in [0.2, 0.25) is 10.0 Å². The molecule has 160 valence electrons. The van der Waals surface area contributed by atoms with E-state index in [0.29, 0.717) is 30.0 Å². The fourth-order valence-corrected chi connectivity index (χ4v) is 4.54. The Kier molecular flexibility index (Phi) is 5.64. The number of aromatic amines is 1. The van der Waals surface area contributed by atoms with Gasteiger partial charge in [-0.05, 0) is 32.0 Å². The zero-order valence-electron chi connectivity index (χ0n) is 17.3. The molecule has 0 saturated heterocycles. The second kappa shape index (κ2) is 8.24. The monoisotopic (exact) mass is 457 g/mol. The highest BCUT2D eigenvalue weighted by atomic mass is 35.5. The van der Waals surface area contributed by atoms with Gasteiger partial charge in [-0.2, -0.15) is 0 Å². The summed E-state index contributed by atoms with van der Waals surface area (Å²) >= 11 is 13.3. The number of methoxy groups -OCH3 is 1. The van der Waals surface area contributed by atoms with Crippen LogP contribution in [0.25, 0.3) is 33.1 Å². The van der Waals surface area contributed by atoms with Crippen molar-refractivity contribution >= 4 is 51.0 Å². The van der Waals surface area contributed by atoms with Crippen molar-refractivity contribution in [3.63, 3.8) is 0 Å². The number of nitrogens with one attached hydrogen (secondary N) is 3. The Morgan fingerprint density at radius 3 is 2.74 bits per heavy atom. The molecule has 4 aromatic rings. The first-order valence-corrected chi connectivity index (χ1v) is 10.6. The second-order valence-corrected chi connectivity index (χ2v) is 7.70. The van der Waals surface area contributed by atoms with Crippen LogP contribution in [0.1, 0.15) is 24.2 Å². The molecule has 0 bridgehead atoms. The van der Waals surface area contributed by atoms with Gasteiger partial charge in [0.25, 0.3) is 5.91 Å². The molecule has 0 aliphatic rings. The van der Waals surface area contributed by atoms with E-state index in [1.54, 1.807) is 6.20 Å². The quantitative estimate of drug-likeness (QED) is 0.403. The number of nitrogens with zero attached hydrogens (tertiary/aromatic N) is 2. The van der Waals surface area contributed by atoms with Gasteiger partial charge in [-0.15, -0.1) is 0 Å². The summed E-state index contributed by atoms with van der Waals surface area (Å²) in [4.78, 5) is 20.2. The van der Waals surface area contributed by atoms with Crippen LogP contribution in [0.5, 0.6) is 5.75 Å². The normalized spacial score (nSPS) is 11.3. The predicted molar refractivity (Wildman–Crippen MR) is 123 cm³/mol.